The van der Waals surface area contributed by atoms with Crippen molar-refractivity contribution in [1.29, 1.82) is 5.41 Å². The maximum Gasteiger partial charge on any atom is 0.176 e. The number of hydrogen-bond donors (Lipinski definition) is 3. The van der Waals surface area contributed by atoms with E-state index >= 15 is 0 Å². The second kappa shape index (κ2) is 9.25. The monoisotopic (exact) mass is 389 g/mol. The summed E-state index contributed by atoms with van der Waals surface area (Å²) in [5, 5.41) is 14.3. The number of rotatable bonds is 6. The van der Waals surface area contributed by atoms with Crippen molar-refractivity contribution in [2.24, 2.45) is 0 Å². The molecule has 0 amide bonds. The summed E-state index contributed by atoms with van der Waals surface area (Å²) in [4.78, 5) is 0. The number of thiocarbonyl (C=S) groups is 1. The van der Waals surface area contributed by atoms with Crippen LogP contribution in [0.25, 0.3) is 0 Å². The number of unbranched alkanes of at least 4 members (excludes halogenated alkanes) is 3. The fourth-order valence-electron chi connectivity index (χ4n) is 1.62. The van der Waals surface area contributed by atoms with Crippen molar-refractivity contribution in [3.8, 4) is 0 Å². The van der Waals surface area contributed by atoms with Gasteiger partial charge in [0.05, 0.1) is 5.84 Å². The van der Waals surface area contributed by atoms with Gasteiger partial charge in [-0.15, -0.1) is 0 Å². The van der Waals surface area contributed by atoms with Crippen molar-refractivity contribution < 1.29 is 0 Å². The molecule has 1 rings (SSSR count). The van der Waals surface area contributed by atoms with Crippen molar-refractivity contribution in [2.45, 2.75) is 39.0 Å². The van der Waals surface area contributed by atoms with Crippen LogP contribution in [-0.4, -0.2) is 10.9 Å². The van der Waals surface area contributed by atoms with Crippen LogP contribution in [0.2, 0.25) is 0 Å². The van der Waals surface area contributed by atoms with E-state index in [2.05, 4.69) is 40.1 Å². The molecule has 1 aromatic rings. The Hall–Kier alpha value is -0.690. The molecule has 0 spiro atoms. The Bertz CT molecular complexity index is 417. The highest BCUT2D eigenvalue weighted by Crippen LogP contribution is 2.11. The third kappa shape index (κ3) is 7.47. The summed E-state index contributed by atoms with van der Waals surface area (Å²) in [5.41, 5.74) is 0.941. The van der Waals surface area contributed by atoms with Crippen LogP contribution < -0.4 is 10.6 Å². The molecule has 1 aromatic carbocycles. The summed E-state index contributed by atoms with van der Waals surface area (Å²) in [6.45, 7) is 2.18. The molecule has 0 unspecified atom stereocenters. The van der Waals surface area contributed by atoms with E-state index < -0.39 is 0 Å². The minimum atomic E-state index is 0.485. The largest absolute Gasteiger partial charge is 0.332 e. The predicted molar refractivity (Wildman–Crippen MR) is 95.0 cm³/mol. The maximum atomic E-state index is 7.81. The normalized spacial score (nSPS) is 10.0. The first kappa shape index (κ1) is 16.4. The summed E-state index contributed by atoms with van der Waals surface area (Å²) in [7, 11) is 0. The van der Waals surface area contributed by atoms with Crippen LogP contribution in [-0.2, 0) is 0 Å². The molecule has 19 heavy (non-hydrogen) atoms. The zero-order valence-electron chi connectivity index (χ0n) is 11.1. The molecule has 0 saturated carbocycles. The average molecular weight is 389 g/mol. The van der Waals surface area contributed by atoms with Crippen molar-refractivity contribution >= 4 is 51.4 Å². The van der Waals surface area contributed by atoms with E-state index in [0.29, 0.717) is 10.9 Å². The summed E-state index contributed by atoms with van der Waals surface area (Å²) in [6.07, 6.45) is 5.43. The molecule has 0 heterocycles. The molecule has 0 aromatic heterocycles. The van der Waals surface area contributed by atoms with E-state index in [1.54, 1.807) is 0 Å². The van der Waals surface area contributed by atoms with Gasteiger partial charge in [0.25, 0.3) is 0 Å². The van der Waals surface area contributed by atoms with Crippen LogP contribution in [0.4, 0.5) is 5.69 Å². The number of amidine groups is 1. The average Bonchev–Trinajstić information content (AvgIpc) is 2.37. The lowest BCUT2D eigenvalue weighted by atomic mass is 10.1. The third-order valence-electron chi connectivity index (χ3n) is 2.65. The summed E-state index contributed by atoms with van der Waals surface area (Å²) in [6, 6.07) is 7.98. The summed E-state index contributed by atoms with van der Waals surface area (Å²) >= 11 is 7.44. The van der Waals surface area contributed by atoms with Gasteiger partial charge in [0.1, 0.15) is 0 Å². The van der Waals surface area contributed by atoms with Gasteiger partial charge in [0.15, 0.2) is 5.11 Å². The highest BCUT2D eigenvalue weighted by atomic mass is 127. The van der Waals surface area contributed by atoms with Gasteiger partial charge in [-0.2, -0.15) is 0 Å². The van der Waals surface area contributed by atoms with Gasteiger partial charge in [-0.1, -0.05) is 26.2 Å². The van der Waals surface area contributed by atoms with E-state index in [0.717, 1.165) is 18.5 Å². The Morgan fingerprint density at radius 2 is 1.89 bits per heavy atom. The van der Waals surface area contributed by atoms with Crippen molar-refractivity contribution in [3.05, 3.63) is 27.8 Å². The molecule has 0 atom stereocenters. The lowest BCUT2D eigenvalue weighted by Gasteiger charge is -2.11. The second-order valence-electron chi connectivity index (χ2n) is 4.38. The zero-order chi connectivity index (χ0) is 14.1. The van der Waals surface area contributed by atoms with Crippen LogP contribution in [0.5, 0.6) is 0 Å². The van der Waals surface area contributed by atoms with Crippen LogP contribution in [0.3, 0.4) is 0 Å². The van der Waals surface area contributed by atoms with Crippen LogP contribution in [0, 0.1) is 8.98 Å². The SMILES string of the molecule is CCCCCCC(=N)NC(=S)Nc1ccc(I)cc1. The molecule has 0 aliphatic carbocycles. The maximum absolute atomic E-state index is 7.81. The van der Waals surface area contributed by atoms with Gasteiger partial charge in [-0.3, -0.25) is 5.41 Å². The van der Waals surface area contributed by atoms with Crippen LogP contribution in [0.15, 0.2) is 24.3 Å². The Balaban J connectivity index is 2.26. The quantitative estimate of drug-likeness (QED) is 0.220. The predicted octanol–water partition coefficient (Wildman–Crippen LogP) is 4.53. The first-order valence-corrected chi connectivity index (χ1v) is 8.01. The van der Waals surface area contributed by atoms with Crippen molar-refractivity contribution in [1.82, 2.24) is 5.32 Å². The third-order valence-corrected chi connectivity index (χ3v) is 3.57. The van der Waals surface area contributed by atoms with Crippen molar-refractivity contribution in [2.75, 3.05) is 5.32 Å². The highest BCUT2D eigenvalue weighted by molar-refractivity contribution is 14.1. The first-order valence-electron chi connectivity index (χ1n) is 6.53. The van der Waals surface area contributed by atoms with Gasteiger partial charge >= 0.3 is 0 Å². The molecule has 104 valence electrons. The van der Waals surface area contributed by atoms with E-state index in [1.807, 2.05) is 24.3 Å². The molecular formula is C14H20IN3S. The molecule has 0 aliphatic heterocycles. The van der Waals surface area contributed by atoms with Crippen LogP contribution in [0.1, 0.15) is 39.0 Å². The minimum absolute atomic E-state index is 0.485. The van der Waals surface area contributed by atoms with E-state index in [1.165, 1.54) is 22.8 Å². The fraction of sp³-hybridized carbons (Fsp3) is 0.429. The number of halogens is 1. The van der Waals surface area contributed by atoms with E-state index in [4.69, 9.17) is 17.6 Å². The standard InChI is InChI=1S/C14H20IN3S/c1-2-3-4-5-6-13(16)18-14(19)17-12-9-7-11(15)8-10-12/h7-10H,2-6H2,1H3,(H3,16,17,18,19). The van der Waals surface area contributed by atoms with Crippen molar-refractivity contribution in [3.63, 3.8) is 0 Å². The second-order valence-corrected chi connectivity index (χ2v) is 6.03. The van der Waals surface area contributed by atoms with Gasteiger partial charge in [-0.25, -0.2) is 0 Å². The highest BCUT2D eigenvalue weighted by Gasteiger charge is 2.01. The van der Waals surface area contributed by atoms with Gasteiger partial charge in [0, 0.05) is 15.7 Å². The van der Waals surface area contributed by atoms with E-state index in [9.17, 15) is 0 Å². The molecule has 0 fully saturated rings. The molecule has 3 N–H and O–H groups in total. The van der Waals surface area contributed by atoms with Gasteiger partial charge in [0.2, 0.25) is 0 Å². The van der Waals surface area contributed by atoms with Crippen LogP contribution >= 0.6 is 34.8 Å². The molecule has 0 aliphatic rings. The Morgan fingerprint density at radius 1 is 1.21 bits per heavy atom. The fourth-order valence-corrected chi connectivity index (χ4v) is 2.22. The first-order chi connectivity index (χ1) is 9.11. The summed E-state index contributed by atoms with van der Waals surface area (Å²) in [5.74, 6) is 0.485. The Labute approximate surface area is 134 Å². The Morgan fingerprint density at radius 3 is 2.53 bits per heavy atom. The number of anilines is 1. The minimum Gasteiger partial charge on any atom is -0.332 e. The molecular weight excluding hydrogens is 369 g/mol. The van der Waals surface area contributed by atoms with Gasteiger partial charge < -0.3 is 10.6 Å². The smallest absolute Gasteiger partial charge is 0.176 e. The Kier molecular flexibility index (Phi) is 7.97. The topological polar surface area (TPSA) is 47.9 Å². The molecule has 0 radical (unpaired) electrons. The number of benzene rings is 1. The summed E-state index contributed by atoms with van der Waals surface area (Å²) < 4.78 is 1.19. The molecule has 0 saturated heterocycles. The molecule has 3 nitrogen and oxygen atoms in total. The molecule has 0 bridgehead atoms. The number of nitrogens with one attached hydrogen (secondary N) is 3. The van der Waals surface area contributed by atoms with E-state index in [-0.39, 0.29) is 0 Å². The van der Waals surface area contributed by atoms with Gasteiger partial charge in [-0.05, 0) is 65.5 Å². The number of hydrogen-bond acceptors (Lipinski definition) is 2. The zero-order valence-corrected chi connectivity index (χ0v) is 14.1. The lowest BCUT2D eigenvalue weighted by molar-refractivity contribution is 0.679. The lowest BCUT2D eigenvalue weighted by Crippen LogP contribution is -2.33. The molecule has 5 heteroatoms.